The number of hydrogen-bond donors (Lipinski definition) is 1. The predicted molar refractivity (Wildman–Crippen MR) is 119 cm³/mol. The smallest absolute Gasteiger partial charge is 0.261 e. The predicted octanol–water partition coefficient (Wildman–Crippen LogP) is 4.02. The van der Waals surface area contributed by atoms with E-state index in [4.69, 9.17) is 10.00 Å². The highest BCUT2D eigenvalue weighted by Gasteiger charge is 2.13. The summed E-state index contributed by atoms with van der Waals surface area (Å²) in [6.45, 7) is 4.88. The van der Waals surface area contributed by atoms with Crippen LogP contribution in [0, 0.1) is 11.3 Å². The molecule has 1 aliphatic heterocycles. The van der Waals surface area contributed by atoms with Crippen molar-refractivity contribution in [1.82, 2.24) is 10.2 Å². The Morgan fingerprint density at radius 2 is 1.77 bits per heavy atom. The van der Waals surface area contributed by atoms with Crippen LogP contribution in [0.2, 0.25) is 0 Å². The molecule has 3 aromatic rings. The SMILES string of the molecule is N#Cc1cccc(-c2ccc(-c3csc(C(=O)NCCN4CCOCC4)c3)cc2)c1. The van der Waals surface area contributed by atoms with Crippen LogP contribution >= 0.6 is 11.3 Å². The van der Waals surface area contributed by atoms with E-state index in [-0.39, 0.29) is 5.91 Å². The summed E-state index contributed by atoms with van der Waals surface area (Å²) in [6.07, 6.45) is 0. The van der Waals surface area contributed by atoms with Gasteiger partial charge in [0.15, 0.2) is 0 Å². The number of amides is 1. The van der Waals surface area contributed by atoms with E-state index in [9.17, 15) is 4.79 Å². The van der Waals surface area contributed by atoms with Crippen molar-refractivity contribution in [3.05, 3.63) is 70.4 Å². The molecule has 5 nitrogen and oxygen atoms in total. The van der Waals surface area contributed by atoms with E-state index in [2.05, 4.69) is 28.4 Å². The van der Waals surface area contributed by atoms with Crippen LogP contribution in [0.15, 0.2) is 60.0 Å². The van der Waals surface area contributed by atoms with E-state index in [0.717, 1.165) is 60.0 Å². The highest BCUT2D eigenvalue weighted by molar-refractivity contribution is 7.12. The second kappa shape index (κ2) is 9.68. The maximum absolute atomic E-state index is 12.5. The largest absolute Gasteiger partial charge is 0.379 e. The number of ether oxygens (including phenoxy) is 1. The van der Waals surface area contributed by atoms with Gasteiger partial charge in [-0.2, -0.15) is 5.26 Å². The Morgan fingerprint density at radius 3 is 2.50 bits per heavy atom. The van der Waals surface area contributed by atoms with Gasteiger partial charge in [-0.1, -0.05) is 36.4 Å². The quantitative estimate of drug-likeness (QED) is 0.658. The molecule has 0 radical (unpaired) electrons. The Morgan fingerprint density at radius 1 is 1.03 bits per heavy atom. The molecule has 30 heavy (non-hydrogen) atoms. The normalized spacial score (nSPS) is 14.2. The lowest BCUT2D eigenvalue weighted by Crippen LogP contribution is -2.41. The zero-order chi connectivity index (χ0) is 20.8. The minimum absolute atomic E-state index is 0.0237. The topological polar surface area (TPSA) is 65.4 Å². The van der Waals surface area contributed by atoms with Gasteiger partial charge in [-0.25, -0.2) is 0 Å². The number of carbonyl (C=O) groups is 1. The van der Waals surface area contributed by atoms with Crippen LogP contribution < -0.4 is 5.32 Å². The van der Waals surface area contributed by atoms with E-state index in [1.807, 2.05) is 41.8 Å². The van der Waals surface area contributed by atoms with Gasteiger partial charge in [0.2, 0.25) is 0 Å². The van der Waals surface area contributed by atoms with Gasteiger partial charge in [0, 0.05) is 26.2 Å². The summed E-state index contributed by atoms with van der Waals surface area (Å²) in [5, 5.41) is 14.1. The summed E-state index contributed by atoms with van der Waals surface area (Å²) in [5.41, 5.74) is 4.84. The van der Waals surface area contributed by atoms with Gasteiger partial charge in [0.25, 0.3) is 5.91 Å². The lowest BCUT2D eigenvalue weighted by Gasteiger charge is -2.26. The van der Waals surface area contributed by atoms with Gasteiger partial charge >= 0.3 is 0 Å². The minimum atomic E-state index is -0.0237. The third-order valence-corrected chi connectivity index (χ3v) is 6.11. The van der Waals surface area contributed by atoms with Gasteiger partial charge in [-0.15, -0.1) is 11.3 Å². The second-order valence-electron chi connectivity index (χ2n) is 7.18. The van der Waals surface area contributed by atoms with Crippen LogP contribution in [0.4, 0.5) is 0 Å². The van der Waals surface area contributed by atoms with Gasteiger partial charge in [0.1, 0.15) is 0 Å². The third-order valence-electron chi connectivity index (χ3n) is 5.18. The molecule has 2 aromatic carbocycles. The summed E-state index contributed by atoms with van der Waals surface area (Å²) in [4.78, 5) is 15.5. The molecule has 0 bridgehead atoms. The Kier molecular flexibility index (Phi) is 6.55. The highest BCUT2D eigenvalue weighted by atomic mass is 32.1. The molecule has 4 rings (SSSR count). The number of nitriles is 1. The van der Waals surface area contributed by atoms with Gasteiger partial charge < -0.3 is 10.1 Å². The van der Waals surface area contributed by atoms with Crippen molar-refractivity contribution < 1.29 is 9.53 Å². The van der Waals surface area contributed by atoms with E-state index in [0.29, 0.717) is 12.1 Å². The molecular formula is C24H23N3O2S. The zero-order valence-corrected chi connectivity index (χ0v) is 17.5. The van der Waals surface area contributed by atoms with Gasteiger partial charge in [0.05, 0.1) is 29.7 Å². The molecular weight excluding hydrogens is 394 g/mol. The molecule has 1 N–H and O–H groups in total. The maximum atomic E-state index is 12.5. The molecule has 1 amide bonds. The van der Waals surface area contributed by atoms with Crippen molar-refractivity contribution in [2.75, 3.05) is 39.4 Å². The Labute approximate surface area is 180 Å². The summed E-state index contributed by atoms with van der Waals surface area (Å²) >= 11 is 1.46. The van der Waals surface area contributed by atoms with Crippen molar-refractivity contribution in [2.45, 2.75) is 0 Å². The van der Waals surface area contributed by atoms with Crippen molar-refractivity contribution in [3.63, 3.8) is 0 Å². The molecule has 1 aliphatic rings. The first-order valence-electron chi connectivity index (χ1n) is 10.0. The third kappa shape index (κ3) is 4.95. The zero-order valence-electron chi connectivity index (χ0n) is 16.6. The van der Waals surface area contributed by atoms with Crippen LogP contribution in [-0.4, -0.2) is 50.2 Å². The van der Waals surface area contributed by atoms with Gasteiger partial charge in [-0.3, -0.25) is 9.69 Å². The molecule has 0 atom stereocenters. The fourth-order valence-electron chi connectivity index (χ4n) is 3.47. The molecule has 6 heteroatoms. The number of nitrogens with one attached hydrogen (secondary N) is 1. The summed E-state index contributed by atoms with van der Waals surface area (Å²) in [7, 11) is 0. The molecule has 1 aromatic heterocycles. The van der Waals surface area contributed by atoms with Crippen molar-refractivity contribution in [1.29, 1.82) is 5.26 Å². The number of morpholine rings is 1. The minimum Gasteiger partial charge on any atom is -0.379 e. The van der Waals surface area contributed by atoms with E-state index < -0.39 is 0 Å². The van der Waals surface area contributed by atoms with Crippen molar-refractivity contribution in [3.8, 4) is 28.3 Å². The molecule has 1 fully saturated rings. The Hall–Kier alpha value is -2.98. The number of hydrogen-bond acceptors (Lipinski definition) is 5. The van der Waals surface area contributed by atoms with Crippen molar-refractivity contribution >= 4 is 17.2 Å². The fraction of sp³-hybridized carbons (Fsp3) is 0.250. The van der Waals surface area contributed by atoms with Crippen LogP contribution in [0.25, 0.3) is 22.3 Å². The van der Waals surface area contributed by atoms with Gasteiger partial charge in [-0.05, 0) is 45.8 Å². The van der Waals surface area contributed by atoms with E-state index in [1.165, 1.54) is 11.3 Å². The first kappa shape index (κ1) is 20.3. The lowest BCUT2D eigenvalue weighted by atomic mass is 10.0. The monoisotopic (exact) mass is 417 g/mol. The molecule has 0 spiro atoms. The van der Waals surface area contributed by atoms with Crippen LogP contribution in [0.1, 0.15) is 15.2 Å². The number of thiophene rings is 1. The first-order chi connectivity index (χ1) is 14.7. The van der Waals surface area contributed by atoms with Crippen LogP contribution in [-0.2, 0) is 4.74 Å². The molecule has 0 aliphatic carbocycles. The lowest BCUT2D eigenvalue weighted by molar-refractivity contribution is 0.0383. The summed E-state index contributed by atoms with van der Waals surface area (Å²) in [6, 6.07) is 19.9. The highest BCUT2D eigenvalue weighted by Crippen LogP contribution is 2.28. The number of nitrogens with zero attached hydrogens (tertiary/aromatic N) is 2. The van der Waals surface area contributed by atoms with E-state index >= 15 is 0 Å². The first-order valence-corrected chi connectivity index (χ1v) is 10.9. The summed E-state index contributed by atoms with van der Waals surface area (Å²) < 4.78 is 5.34. The molecule has 0 saturated carbocycles. The molecule has 1 saturated heterocycles. The average molecular weight is 418 g/mol. The molecule has 0 unspecified atom stereocenters. The Bertz CT molecular complexity index is 1050. The number of rotatable bonds is 6. The molecule has 152 valence electrons. The average Bonchev–Trinajstić information content (AvgIpc) is 3.30. The Balaban J connectivity index is 1.37. The second-order valence-corrected chi connectivity index (χ2v) is 8.09. The molecule has 2 heterocycles. The van der Waals surface area contributed by atoms with Crippen LogP contribution in [0.3, 0.4) is 0 Å². The summed E-state index contributed by atoms with van der Waals surface area (Å²) in [5.74, 6) is -0.0237. The van der Waals surface area contributed by atoms with Crippen LogP contribution in [0.5, 0.6) is 0 Å². The van der Waals surface area contributed by atoms with E-state index in [1.54, 1.807) is 6.07 Å². The number of carbonyl (C=O) groups excluding carboxylic acids is 1. The number of benzene rings is 2. The fourth-order valence-corrected chi connectivity index (χ4v) is 4.30. The van der Waals surface area contributed by atoms with Crippen molar-refractivity contribution in [2.24, 2.45) is 0 Å². The standard InChI is InChI=1S/C24H23N3O2S/c25-16-18-2-1-3-21(14-18)19-4-6-20(7-5-19)22-15-23(30-17-22)24(28)26-8-9-27-10-12-29-13-11-27/h1-7,14-15,17H,8-13H2,(H,26,28). The maximum Gasteiger partial charge on any atom is 0.261 e.